The summed E-state index contributed by atoms with van der Waals surface area (Å²) in [5, 5.41) is 16.5. The van der Waals surface area contributed by atoms with Crippen LogP contribution in [-0.2, 0) is 24.4 Å². The van der Waals surface area contributed by atoms with Crippen LogP contribution in [0.15, 0.2) is 36.5 Å². The number of nitrogens with zero attached hydrogens (tertiary/aromatic N) is 4. The first kappa shape index (κ1) is 17.7. The number of benzene rings is 1. The molecular weight excluding hydrogens is 340 g/mol. The van der Waals surface area contributed by atoms with Gasteiger partial charge in [-0.2, -0.15) is 10.2 Å². The molecule has 4 rings (SSSR count). The van der Waals surface area contributed by atoms with Gasteiger partial charge in [-0.1, -0.05) is 18.2 Å². The van der Waals surface area contributed by atoms with Gasteiger partial charge in [-0.05, 0) is 38.4 Å². The number of nitrogens with one attached hydrogen (secondary N) is 2. The lowest BCUT2D eigenvalue weighted by Gasteiger charge is -2.23. The van der Waals surface area contributed by atoms with Gasteiger partial charge in [0.15, 0.2) is 0 Å². The first-order chi connectivity index (χ1) is 13.3. The molecule has 1 fully saturated rings. The molecular formula is C20H26N6O. The molecule has 2 N–H and O–H groups in total. The van der Waals surface area contributed by atoms with Gasteiger partial charge < -0.3 is 10.6 Å². The van der Waals surface area contributed by atoms with Crippen LogP contribution in [0, 0.1) is 0 Å². The van der Waals surface area contributed by atoms with Crippen molar-refractivity contribution in [2.24, 2.45) is 0 Å². The smallest absolute Gasteiger partial charge is 0.242 e. The van der Waals surface area contributed by atoms with Crippen molar-refractivity contribution in [2.45, 2.75) is 45.3 Å². The Morgan fingerprint density at radius 2 is 2.19 bits per heavy atom. The lowest BCUT2D eigenvalue weighted by molar-refractivity contribution is -0.122. The van der Waals surface area contributed by atoms with Crippen molar-refractivity contribution in [3.63, 3.8) is 0 Å². The average Bonchev–Trinajstić information content (AvgIpc) is 3.31. The summed E-state index contributed by atoms with van der Waals surface area (Å²) in [6.07, 6.45) is 4.09. The number of para-hydroxylation sites is 1. The third-order valence-corrected chi connectivity index (χ3v) is 5.24. The highest BCUT2D eigenvalue weighted by Crippen LogP contribution is 2.23. The van der Waals surface area contributed by atoms with Crippen molar-refractivity contribution in [3.8, 4) is 0 Å². The molecule has 1 unspecified atom stereocenters. The highest BCUT2D eigenvalue weighted by molar-refractivity contribution is 5.82. The largest absolute Gasteiger partial charge is 0.349 e. The lowest BCUT2D eigenvalue weighted by atomic mass is 9.96. The van der Waals surface area contributed by atoms with Crippen LogP contribution in [0.25, 0.3) is 10.9 Å². The summed E-state index contributed by atoms with van der Waals surface area (Å²) in [5.41, 5.74) is 3.14. The van der Waals surface area contributed by atoms with Crippen LogP contribution in [0.4, 0.5) is 0 Å². The van der Waals surface area contributed by atoms with Gasteiger partial charge in [0.25, 0.3) is 0 Å². The van der Waals surface area contributed by atoms with Crippen molar-refractivity contribution in [2.75, 3.05) is 13.1 Å². The monoisotopic (exact) mass is 366 g/mol. The van der Waals surface area contributed by atoms with E-state index in [9.17, 15) is 4.79 Å². The summed E-state index contributed by atoms with van der Waals surface area (Å²) in [6.45, 7) is 5.57. The molecule has 0 spiro atoms. The molecule has 1 saturated heterocycles. The van der Waals surface area contributed by atoms with Crippen LogP contribution in [0.5, 0.6) is 0 Å². The Bertz CT molecular complexity index is 922. The summed E-state index contributed by atoms with van der Waals surface area (Å²) in [7, 11) is 0. The van der Waals surface area contributed by atoms with Crippen LogP contribution in [0.2, 0.25) is 0 Å². The quantitative estimate of drug-likeness (QED) is 0.700. The number of fused-ring (bicyclic) bond motifs is 1. The van der Waals surface area contributed by atoms with Crippen molar-refractivity contribution in [3.05, 3.63) is 47.9 Å². The van der Waals surface area contributed by atoms with Crippen molar-refractivity contribution in [1.82, 2.24) is 30.2 Å². The summed E-state index contributed by atoms with van der Waals surface area (Å²) in [5.74, 6) is 0.386. The minimum absolute atomic E-state index is 0.0427. The second kappa shape index (κ2) is 7.92. The van der Waals surface area contributed by atoms with E-state index in [1.54, 1.807) is 6.20 Å². The molecule has 0 aliphatic carbocycles. The van der Waals surface area contributed by atoms with Gasteiger partial charge in [0.05, 0.1) is 17.8 Å². The molecule has 27 heavy (non-hydrogen) atoms. The number of hydrogen-bond donors (Lipinski definition) is 2. The second-order valence-electron chi connectivity index (χ2n) is 7.01. The van der Waals surface area contributed by atoms with Gasteiger partial charge >= 0.3 is 0 Å². The van der Waals surface area contributed by atoms with Crippen LogP contribution in [0.1, 0.15) is 37.1 Å². The van der Waals surface area contributed by atoms with E-state index in [-0.39, 0.29) is 12.5 Å². The van der Waals surface area contributed by atoms with Crippen LogP contribution < -0.4 is 10.6 Å². The number of aryl methyl sites for hydroxylation is 1. The van der Waals surface area contributed by atoms with Crippen LogP contribution in [0.3, 0.4) is 0 Å². The molecule has 3 aromatic rings. The number of rotatable bonds is 6. The van der Waals surface area contributed by atoms with Crippen LogP contribution in [-0.4, -0.2) is 38.6 Å². The summed E-state index contributed by atoms with van der Waals surface area (Å²) >= 11 is 0. The fourth-order valence-electron chi connectivity index (χ4n) is 3.87. The van der Waals surface area contributed by atoms with E-state index >= 15 is 0 Å². The molecule has 1 amide bonds. The van der Waals surface area contributed by atoms with Gasteiger partial charge in [-0.15, -0.1) is 0 Å². The van der Waals surface area contributed by atoms with Gasteiger partial charge in [0, 0.05) is 36.3 Å². The van der Waals surface area contributed by atoms with E-state index < -0.39 is 0 Å². The van der Waals surface area contributed by atoms with E-state index in [1.807, 2.05) is 27.6 Å². The summed E-state index contributed by atoms with van der Waals surface area (Å²) in [4.78, 5) is 12.5. The predicted molar refractivity (Wildman–Crippen MR) is 104 cm³/mol. The molecule has 0 radical (unpaired) electrons. The average molecular weight is 366 g/mol. The SMILES string of the molecule is CCn1nc(CNC(=O)Cn2nccc2C2CCCNC2)c2ccccc21. The van der Waals surface area contributed by atoms with E-state index in [1.165, 1.54) is 0 Å². The molecule has 142 valence electrons. The topological polar surface area (TPSA) is 76.8 Å². The Morgan fingerprint density at radius 3 is 3.00 bits per heavy atom. The molecule has 1 aliphatic rings. The number of carbonyl (C=O) groups is 1. The zero-order chi connectivity index (χ0) is 18.6. The zero-order valence-corrected chi connectivity index (χ0v) is 15.7. The van der Waals surface area contributed by atoms with Crippen molar-refractivity contribution < 1.29 is 4.79 Å². The molecule has 1 aliphatic heterocycles. The first-order valence-electron chi connectivity index (χ1n) is 9.70. The normalized spacial score (nSPS) is 17.3. The molecule has 2 aromatic heterocycles. The fourth-order valence-corrected chi connectivity index (χ4v) is 3.87. The maximum Gasteiger partial charge on any atom is 0.242 e. The predicted octanol–water partition coefficient (Wildman–Crippen LogP) is 2.04. The molecule has 0 bridgehead atoms. The van der Waals surface area contributed by atoms with E-state index in [0.717, 1.165) is 54.8 Å². The summed E-state index contributed by atoms with van der Waals surface area (Å²) < 4.78 is 3.80. The number of aromatic nitrogens is 4. The van der Waals surface area contributed by atoms with Gasteiger partial charge in [0.1, 0.15) is 6.54 Å². The molecule has 3 heterocycles. The fraction of sp³-hybridized carbons (Fsp3) is 0.450. The van der Waals surface area contributed by atoms with Crippen molar-refractivity contribution >= 4 is 16.8 Å². The highest BCUT2D eigenvalue weighted by Gasteiger charge is 2.20. The number of piperidine rings is 1. The highest BCUT2D eigenvalue weighted by atomic mass is 16.2. The van der Waals surface area contributed by atoms with E-state index in [4.69, 9.17) is 0 Å². The Hall–Kier alpha value is -2.67. The van der Waals surface area contributed by atoms with E-state index in [0.29, 0.717) is 12.5 Å². The first-order valence-corrected chi connectivity index (χ1v) is 9.70. The number of amides is 1. The molecule has 1 atom stereocenters. The Kier molecular flexibility index (Phi) is 5.20. The minimum atomic E-state index is -0.0427. The van der Waals surface area contributed by atoms with Gasteiger partial charge in [-0.3, -0.25) is 14.2 Å². The molecule has 7 nitrogen and oxygen atoms in total. The Morgan fingerprint density at radius 1 is 1.30 bits per heavy atom. The number of hydrogen-bond acceptors (Lipinski definition) is 4. The zero-order valence-electron chi connectivity index (χ0n) is 15.7. The third kappa shape index (κ3) is 3.73. The number of carbonyl (C=O) groups excluding carboxylic acids is 1. The standard InChI is InChI=1S/C20H26N6O/c1-2-25-19-8-4-3-7-16(19)17(24-25)13-22-20(27)14-26-18(9-11-23-26)15-6-5-10-21-12-15/h3-4,7-9,11,15,21H,2,5-6,10,12-14H2,1H3,(H,22,27). The molecule has 1 aromatic carbocycles. The van der Waals surface area contributed by atoms with Crippen molar-refractivity contribution in [1.29, 1.82) is 0 Å². The molecule has 7 heteroatoms. The molecule has 0 saturated carbocycles. The second-order valence-corrected chi connectivity index (χ2v) is 7.01. The van der Waals surface area contributed by atoms with Gasteiger partial charge in [0.2, 0.25) is 5.91 Å². The maximum atomic E-state index is 12.5. The Labute approximate surface area is 158 Å². The van der Waals surface area contributed by atoms with Gasteiger partial charge in [-0.25, -0.2) is 0 Å². The van der Waals surface area contributed by atoms with Crippen LogP contribution >= 0.6 is 0 Å². The third-order valence-electron chi connectivity index (χ3n) is 5.24. The minimum Gasteiger partial charge on any atom is -0.349 e. The lowest BCUT2D eigenvalue weighted by Crippen LogP contribution is -2.32. The summed E-state index contributed by atoms with van der Waals surface area (Å²) in [6, 6.07) is 10.2. The maximum absolute atomic E-state index is 12.5. The van der Waals surface area contributed by atoms with E-state index in [2.05, 4.69) is 39.9 Å². The Balaban J connectivity index is 1.42.